The number of fused-ring (bicyclic) bond motifs is 1. The highest BCUT2D eigenvalue weighted by Crippen LogP contribution is 2.35. The number of aryl methyl sites for hydroxylation is 1. The molecule has 3 rings (SSSR count). The third kappa shape index (κ3) is 1.70. The summed E-state index contributed by atoms with van der Waals surface area (Å²) in [6, 6.07) is 6.29. The van der Waals surface area contributed by atoms with Crippen molar-refractivity contribution in [2.24, 2.45) is 0 Å². The molecule has 1 saturated heterocycles. The summed E-state index contributed by atoms with van der Waals surface area (Å²) in [6.45, 7) is 4.61. The number of piperidine rings is 1. The van der Waals surface area contributed by atoms with E-state index >= 15 is 0 Å². The highest BCUT2D eigenvalue weighted by molar-refractivity contribution is 5.37. The molecule has 3 heteroatoms. The van der Waals surface area contributed by atoms with E-state index < -0.39 is 5.79 Å². The third-order valence-electron chi connectivity index (χ3n) is 3.31. The van der Waals surface area contributed by atoms with Crippen LogP contribution in [0.1, 0.15) is 24.0 Å². The van der Waals surface area contributed by atoms with E-state index in [1.807, 2.05) is 0 Å². The van der Waals surface area contributed by atoms with Crippen LogP contribution in [0.15, 0.2) is 18.2 Å². The van der Waals surface area contributed by atoms with Crippen LogP contribution in [-0.2, 0) is 11.3 Å². The van der Waals surface area contributed by atoms with Crippen molar-refractivity contribution in [3.63, 3.8) is 0 Å². The second kappa shape index (κ2) is 3.75. The standard InChI is InChI=1S/C13H17NO2/c1-10-3-4-12-11(7-10)8-15-13(16-12)5-2-6-14-9-13/h3-4,7,14H,2,5-6,8-9H2,1H3. The van der Waals surface area contributed by atoms with Gasteiger partial charge in [0.05, 0.1) is 13.2 Å². The minimum absolute atomic E-state index is 0.416. The molecule has 3 nitrogen and oxygen atoms in total. The fourth-order valence-corrected chi connectivity index (χ4v) is 2.42. The zero-order valence-electron chi connectivity index (χ0n) is 9.58. The fourth-order valence-electron chi connectivity index (χ4n) is 2.42. The highest BCUT2D eigenvalue weighted by atomic mass is 16.7. The van der Waals surface area contributed by atoms with Crippen LogP contribution >= 0.6 is 0 Å². The van der Waals surface area contributed by atoms with Crippen LogP contribution in [0.4, 0.5) is 0 Å². The van der Waals surface area contributed by atoms with Crippen LogP contribution in [0.2, 0.25) is 0 Å². The molecule has 1 fully saturated rings. The lowest BCUT2D eigenvalue weighted by Crippen LogP contribution is -2.53. The first-order chi connectivity index (χ1) is 7.77. The second-order valence-corrected chi connectivity index (χ2v) is 4.69. The number of hydrogen-bond donors (Lipinski definition) is 1. The van der Waals surface area contributed by atoms with Gasteiger partial charge >= 0.3 is 0 Å². The average molecular weight is 219 g/mol. The minimum Gasteiger partial charge on any atom is -0.461 e. The van der Waals surface area contributed by atoms with Crippen molar-refractivity contribution in [2.45, 2.75) is 32.2 Å². The summed E-state index contributed by atoms with van der Waals surface area (Å²) < 4.78 is 11.9. The van der Waals surface area contributed by atoms with E-state index in [9.17, 15) is 0 Å². The topological polar surface area (TPSA) is 30.5 Å². The smallest absolute Gasteiger partial charge is 0.223 e. The zero-order chi connectivity index (χ0) is 11.0. The molecule has 1 aromatic rings. The van der Waals surface area contributed by atoms with E-state index in [-0.39, 0.29) is 0 Å². The van der Waals surface area contributed by atoms with Crippen LogP contribution in [0.5, 0.6) is 5.75 Å². The Morgan fingerprint density at radius 2 is 2.31 bits per heavy atom. The first-order valence-electron chi connectivity index (χ1n) is 5.91. The van der Waals surface area contributed by atoms with Crippen molar-refractivity contribution in [2.75, 3.05) is 13.1 Å². The minimum atomic E-state index is -0.416. The molecular weight excluding hydrogens is 202 g/mol. The Morgan fingerprint density at radius 3 is 3.12 bits per heavy atom. The Balaban J connectivity index is 1.88. The summed E-state index contributed by atoms with van der Waals surface area (Å²) in [6.07, 6.45) is 2.09. The van der Waals surface area contributed by atoms with Crippen molar-refractivity contribution in [3.05, 3.63) is 29.3 Å². The SMILES string of the molecule is Cc1ccc2c(c1)COC1(CCCNC1)O2. The summed E-state index contributed by atoms with van der Waals surface area (Å²) in [7, 11) is 0. The molecule has 0 radical (unpaired) electrons. The van der Waals surface area contributed by atoms with Gasteiger partial charge in [-0.2, -0.15) is 0 Å². The summed E-state index contributed by atoms with van der Waals surface area (Å²) in [4.78, 5) is 0. The number of ether oxygens (including phenoxy) is 2. The van der Waals surface area contributed by atoms with Gasteiger partial charge in [-0.3, -0.25) is 0 Å². The van der Waals surface area contributed by atoms with Crippen molar-refractivity contribution in [1.29, 1.82) is 0 Å². The summed E-state index contributed by atoms with van der Waals surface area (Å²) >= 11 is 0. The predicted octanol–water partition coefficient (Wildman–Crippen LogP) is 1.98. The molecule has 86 valence electrons. The summed E-state index contributed by atoms with van der Waals surface area (Å²) in [5, 5.41) is 3.34. The van der Waals surface area contributed by atoms with Crippen LogP contribution in [0.25, 0.3) is 0 Å². The van der Waals surface area contributed by atoms with Gasteiger partial charge < -0.3 is 14.8 Å². The van der Waals surface area contributed by atoms with Gasteiger partial charge in [-0.15, -0.1) is 0 Å². The lowest BCUT2D eigenvalue weighted by Gasteiger charge is -2.41. The lowest BCUT2D eigenvalue weighted by atomic mass is 10.0. The predicted molar refractivity (Wildman–Crippen MR) is 61.4 cm³/mol. The molecule has 0 aromatic heterocycles. The normalized spacial score (nSPS) is 28.6. The lowest BCUT2D eigenvalue weighted by molar-refractivity contribution is -0.213. The molecular formula is C13H17NO2. The molecule has 0 aliphatic carbocycles. The molecule has 0 amide bonds. The molecule has 1 atom stereocenters. The molecule has 1 aromatic carbocycles. The van der Waals surface area contributed by atoms with Gasteiger partial charge in [-0.1, -0.05) is 17.7 Å². The molecule has 2 aliphatic heterocycles. The number of nitrogens with one attached hydrogen (secondary N) is 1. The van der Waals surface area contributed by atoms with E-state index in [0.29, 0.717) is 6.61 Å². The first kappa shape index (κ1) is 10.1. The molecule has 2 aliphatic rings. The van der Waals surface area contributed by atoms with Gasteiger partial charge in [0.15, 0.2) is 0 Å². The van der Waals surface area contributed by atoms with Crippen LogP contribution in [-0.4, -0.2) is 18.9 Å². The Hall–Kier alpha value is -1.06. The molecule has 1 N–H and O–H groups in total. The first-order valence-corrected chi connectivity index (χ1v) is 5.91. The Kier molecular flexibility index (Phi) is 2.37. The summed E-state index contributed by atoms with van der Waals surface area (Å²) in [5.41, 5.74) is 2.42. The largest absolute Gasteiger partial charge is 0.461 e. The molecule has 0 saturated carbocycles. The van der Waals surface area contributed by atoms with Gasteiger partial charge in [-0.05, 0) is 26.0 Å². The van der Waals surface area contributed by atoms with Crippen molar-refractivity contribution < 1.29 is 9.47 Å². The van der Waals surface area contributed by atoms with Crippen LogP contribution in [0.3, 0.4) is 0 Å². The van der Waals surface area contributed by atoms with Gasteiger partial charge in [0.25, 0.3) is 0 Å². The second-order valence-electron chi connectivity index (χ2n) is 4.69. The van der Waals surface area contributed by atoms with Gasteiger partial charge in [0, 0.05) is 12.0 Å². The molecule has 0 bridgehead atoms. The van der Waals surface area contributed by atoms with Crippen molar-refractivity contribution in [3.8, 4) is 5.75 Å². The number of rotatable bonds is 0. The molecule has 16 heavy (non-hydrogen) atoms. The highest BCUT2D eigenvalue weighted by Gasteiger charge is 2.38. The Morgan fingerprint density at radius 1 is 1.38 bits per heavy atom. The van der Waals surface area contributed by atoms with E-state index in [1.165, 1.54) is 5.56 Å². The summed E-state index contributed by atoms with van der Waals surface area (Å²) in [5.74, 6) is 0.570. The third-order valence-corrected chi connectivity index (χ3v) is 3.31. The fraction of sp³-hybridized carbons (Fsp3) is 0.538. The quantitative estimate of drug-likeness (QED) is 0.723. The molecule has 1 unspecified atom stereocenters. The van der Waals surface area contributed by atoms with Gasteiger partial charge in [-0.25, -0.2) is 0 Å². The van der Waals surface area contributed by atoms with Gasteiger partial charge in [0.1, 0.15) is 5.75 Å². The van der Waals surface area contributed by atoms with Gasteiger partial charge in [0.2, 0.25) is 5.79 Å². The van der Waals surface area contributed by atoms with Crippen LogP contribution < -0.4 is 10.1 Å². The van der Waals surface area contributed by atoms with Crippen LogP contribution in [0, 0.1) is 6.92 Å². The molecule has 1 spiro atoms. The van der Waals surface area contributed by atoms with E-state index in [0.717, 1.165) is 37.2 Å². The Bertz CT molecular complexity index is 397. The average Bonchev–Trinajstić information content (AvgIpc) is 2.31. The van der Waals surface area contributed by atoms with E-state index in [2.05, 4.69) is 30.4 Å². The number of benzene rings is 1. The van der Waals surface area contributed by atoms with Crippen molar-refractivity contribution >= 4 is 0 Å². The maximum absolute atomic E-state index is 6.03. The Labute approximate surface area is 95.8 Å². The number of hydrogen-bond acceptors (Lipinski definition) is 3. The van der Waals surface area contributed by atoms with Crippen molar-refractivity contribution in [1.82, 2.24) is 5.32 Å². The maximum Gasteiger partial charge on any atom is 0.223 e. The van der Waals surface area contributed by atoms with E-state index in [4.69, 9.17) is 9.47 Å². The monoisotopic (exact) mass is 219 g/mol. The molecule has 2 heterocycles. The van der Waals surface area contributed by atoms with E-state index in [1.54, 1.807) is 0 Å². The zero-order valence-corrected chi connectivity index (χ0v) is 9.58. The maximum atomic E-state index is 6.03.